The van der Waals surface area contributed by atoms with Gasteiger partial charge in [-0.2, -0.15) is 0 Å². The van der Waals surface area contributed by atoms with Crippen LogP contribution in [0, 0.1) is 6.92 Å². The van der Waals surface area contributed by atoms with Crippen molar-refractivity contribution in [2.45, 2.75) is 6.92 Å². The summed E-state index contributed by atoms with van der Waals surface area (Å²) < 4.78 is 4.83. The first kappa shape index (κ1) is 11.5. The van der Waals surface area contributed by atoms with Crippen molar-refractivity contribution in [1.82, 2.24) is 5.16 Å². The topological polar surface area (TPSA) is 81.2 Å². The number of benzene rings is 1. The van der Waals surface area contributed by atoms with Gasteiger partial charge in [0, 0.05) is 11.8 Å². The molecule has 0 fully saturated rings. The van der Waals surface area contributed by atoms with E-state index in [-0.39, 0.29) is 11.7 Å². The highest BCUT2D eigenvalue weighted by atomic mass is 35.5. The second-order valence-corrected chi connectivity index (χ2v) is 3.93. The third-order valence-electron chi connectivity index (χ3n) is 2.11. The molecule has 0 saturated carbocycles. The van der Waals surface area contributed by atoms with Gasteiger partial charge < -0.3 is 15.6 Å². The molecule has 88 valence electrons. The molecule has 6 heteroatoms. The summed E-state index contributed by atoms with van der Waals surface area (Å²) in [5.74, 6) is -0.233. The van der Waals surface area contributed by atoms with E-state index in [0.717, 1.165) is 0 Å². The van der Waals surface area contributed by atoms with Crippen molar-refractivity contribution in [3.05, 3.63) is 40.7 Å². The molecule has 3 N–H and O–H groups in total. The summed E-state index contributed by atoms with van der Waals surface area (Å²) in [5, 5.41) is 6.70. The summed E-state index contributed by atoms with van der Waals surface area (Å²) in [6.07, 6.45) is 0. The molecule has 17 heavy (non-hydrogen) atoms. The summed E-state index contributed by atoms with van der Waals surface area (Å²) in [5.41, 5.74) is 7.21. The van der Waals surface area contributed by atoms with Gasteiger partial charge in [0.2, 0.25) is 5.76 Å². The van der Waals surface area contributed by atoms with Crippen LogP contribution in [0.15, 0.2) is 28.8 Å². The average Bonchev–Trinajstić information content (AvgIpc) is 2.70. The predicted octanol–water partition coefficient (Wildman–Crippen LogP) is 2.47. The molecule has 0 spiro atoms. The number of hydrogen-bond donors (Lipinski definition) is 2. The smallest absolute Gasteiger partial charge is 0.294 e. The summed E-state index contributed by atoms with van der Waals surface area (Å²) in [4.78, 5) is 11.7. The second kappa shape index (κ2) is 4.47. The third kappa shape index (κ3) is 2.57. The Labute approximate surface area is 103 Å². The molecule has 5 nitrogen and oxygen atoms in total. The number of carbonyl (C=O) groups excluding carboxylic acids is 1. The molecule has 0 radical (unpaired) electrons. The van der Waals surface area contributed by atoms with Crippen LogP contribution in [-0.4, -0.2) is 11.1 Å². The molecule has 2 rings (SSSR count). The lowest BCUT2D eigenvalue weighted by Gasteiger charge is -2.04. The molecule has 1 amide bonds. The molecule has 0 atom stereocenters. The molecule has 0 aliphatic rings. The van der Waals surface area contributed by atoms with Gasteiger partial charge in [0.05, 0.1) is 16.4 Å². The zero-order valence-electron chi connectivity index (χ0n) is 9.03. The zero-order valence-corrected chi connectivity index (χ0v) is 9.78. The van der Waals surface area contributed by atoms with E-state index in [1.165, 1.54) is 0 Å². The van der Waals surface area contributed by atoms with E-state index in [1.807, 2.05) is 0 Å². The number of nitrogens with one attached hydrogen (secondary N) is 1. The Balaban J connectivity index is 2.15. The van der Waals surface area contributed by atoms with Crippen LogP contribution in [0.5, 0.6) is 0 Å². The van der Waals surface area contributed by atoms with Crippen molar-refractivity contribution in [1.29, 1.82) is 0 Å². The number of hydrogen-bond acceptors (Lipinski definition) is 4. The Morgan fingerprint density at radius 1 is 1.47 bits per heavy atom. The standard InChI is InChI=1S/C11H10ClN3O2/c1-6-4-10(17-15-6)11(16)14-7-2-3-8(12)9(13)5-7/h2-5H,13H2,1H3,(H,14,16). The number of nitrogens with zero attached hydrogens (tertiary/aromatic N) is 1. The fourth-order valence-corrected chi connectivity index (χ4v) is 1.40. The van der Waals surface area contributed by atoms with Crippen molar-refractivity contribution >= 4 is 28.9 Å². The summed E-state index contributed by atoms with van der Waals surface area (Å²) in [7, 11) is 0. The first-order valence-electron chi connectivity index (χ1n) is 4.86. The fraction of sp³-hybridized carbons (Fsp3) is 0.0909. The van der Waals surface area contributed by atoms with Crippen molar-refractivity contribution in [3.8, 4) is 0 Å². The molecule has 0 aliphatic heterocycles. The van der Waals surface area contributed by atoms with Crippen molar-refractivity contribution in [3.63, 3.8) is 0 Å². The van der Waals surface area contributed by atoms with Gasteiger partial charge >= 0.3 is 0 Å². The molecule has 1 aromatic carbocycles. The van der Waals surface area contributed by atoms with E-state index in [1.54, 1.807) is 31.2 Å². The normalized spacial score (nSPS) is 10.2. The van der Waals surface area contributed by atoms with Gasteiger partial charge in [0.1, 0.15) is 0 Å². The van der Waals surface area contributed by atoms with Gasteiger partial charge in [-0.05, 0) is 25.1 Å². The Kier molecular flexibility index (Phi) is 3.01. The molecule has 1 aromatic heterocycles. The van der Waals surface area contributed by atoms with E-state index < -0.39 is 0 Å². The van der Waals surface area contributed by atoms with Crippen LogP contribution < -0.4 is 11.1 Å². The molecular formula is C11H10ClN3O2. The van der Waals surface area contributed by atoms with Crippen LogP contribution in [-0.2, 0) is 0 Å². The molecule has 0 aliphatic carbocycles. The molecule has 0 unspecified atom stereocenters. The molecule has 2 aromatic rings. The van der Waals surface area contributed by atoms with E-state index in [0.29, 0.717) is 22.1 Å². The average molecular weight is 252 g/mol. The highest BCUT2D eigenvalue weighted by Gasteiger charge is 2.11. The molecule has 1 heterocycles. The minimum Gasteiger partial charge on any atom is -0.397 e. The first-order valence-corrected chi connectivity index (χ1v) is 5.24. The number of rotatable bonds is 2. The Hall–Kier alpha value is -2.01. The monoisotopic (exact) mass is 251 g/mol. The Morgan fingerprint density at radius 2 is 2.24 bits per heavy atom. The van der Waals surface area contributed by atoms with Crippen molar-refractivity contribution < 1.29 is 9.32 Å². The zero-order chi connectivity index (χ0) is 12.4. The van der Waals surface area contributed by atoms with E-state index in [4.69, 9.17) is 21.9 Å². The lowest BCUT2D eigenvalue weighted by atomic mass is 10.2. The highest BCUT2D eigenvalue weighted by Crippen LogP contribution is 2.22. The highest BCUT2D eigenvalue weighted by molar-refractivity contribution is 6.33. The summed E-state index contributed by atoms with van der Waals surface area (Å²) >= 11 is 5.77. The van der Waals surface area contributed by atoms with Gasteiger partial charge in [-0.15, -0.1) is 0 Å². The number of carbonyl (C=O) groups is 1. The molecule has 0 saturated heterocycles. The number of nitrogen functional groups attached to an aromatic ring is 1. The van der Waals surface area contributed by atoms with Gasteiger partial charge in [0.15, 0.2) is 0 Å². The minimum atomic E-state index is -0.382. The van der Waals surface area contributed by atoms with Crippen molar-refractivity contribution in [2.75, 3.05) is 11.1 Å². The lowest BCUT2D eigenvalue weighted by molar-refractivity contribution is 0.0988. The van der Waals surface area contributed by atoms with Crippen LogP contribution in [0.3, 0.4) is 0 Å². The lowest BCUT2D eigenvalue weighted by Crippen LogP contribution is -2.11. The SMILES string of the molecule is Cc1cc(C(=O)Nc2ccc(Cl)c(N)c2)on1. The maximum atomic E-state index is 11.7. The van der Waals surface area contributed by atoms with Gasteiger partial charge in [-0.1, -0.05) is 16.8 Å². The Bertz CT molecular complexity index is 566. The minimum absolute atomic E-state index is 0.149. The third-order valence-corrected chi connectivity index (χ3v) is 2.45. The number of nitrogens with two attached hydrogens (primary N) is 1. The second-order valence-electron chi connectivity index (χ2n) is 3.52. The number of aromatic nitrogens is 1. The number of amides is 1. The maximum absolute atomic E-state index is 11.7. The fourth-order valence-electron chi connectivity index (χ4n) is 1.28. The van der Waals surface area contributed by atoms with Gasteiger partial charge in [0.25, 0.3) is 5.91 Å². The van der Waals surface area contributed by atoms with E-state index >= 15 is 0 Å². The maximum Gasteiger partial charge on any atom is 0.294 e. The molecular weight excluding hydrogens is 242 g/mol. The summed E-state index contributed by atoms with van der Waals surface area (Å²) in [6, 6.07) is 6.38. The quantitative estimate of drug-likeness (QED) is 0.804. The molecule has 0 bridgehead atoms. The predicted molar refractivity (Wildman–Crippen MR) is 65.1 cm³/mol. The largest absolute Gasteiger partial charge is 0.397 e. The number of aryl methyl sites for hydroxylation is 1. The van der Waals surface area contributed by atoms with Crippen LogP contribution in [0.4, 0.5) is 11.4 Å². The van der Waals surface area contributed by atoms with Crippen LogP contribution in [0.25, 0.3) is 0 Å². The summed E-state index contributed by atoms with van der Waals surface area (Å²) in [6.45, 7) is 1.74. The van der Waals surface area contributed by atoms with Gasteiger partial charge in [-0.25, -0.2) is 0 Å². The van der Waals surface area contributed by atoms with Gasteiger partial charge in [-0.3, -0.25) is 4.79 Å². The van der Waals surface area contributed by atoms with Crippen molar-refractivity contribution in [2.24, 2.45) is 0 Å². The number of halogens is 1. The first-order chi connectivity index (χ1) is 8.06. The van der Waals surface area contributed by atoms with E-state index in [9.17, 15) is 4.79 Å². The van der Waals surface area contributed by atoms with E-state index in [2.05, 4.69) is 10.5 Å². The van der Waals surface area contributed by atoms with Crippen LogP contribution in [0.1, 0.15) is 16.2 Å². The number of anilines is 2. The van der Waals surface area contributed by atoms with Crippen LogP contribution >= 0.6 is 11.6 Å². The van der Waals surface area contributed by atoms with Crippen LogP contribution in [0.2, 0.25) is 5.02 Å². The Morgan fingerprint density at radius 3 is 2.82 bits per heavy atom.